The molecule has 31 heavy (non-hydrogen) atoms. The molecular formula is C24H23N3O2S2. The van der Waals surface area contributed by atoms with E-state index in [-0.39, 0.29) is 24.4 Å². The van der Waals surface area contributed by atoms with Crippen molar-refractivity contribution in [3.8, 4) is 11.1 Å². The number of aryl methyl sites for hydroxylation is 2. The maximum absolute atomic E-state index is 13.1. The molecule has 4 aromatic rings. The zero-order valence-electron chi connectivity index (χ0n) is 17.4. The molecule has 0 bridgehead atoms. The number of thioether (sulfide) groups is 1. The Kier molecular flexibility index (Phi) is 6.53. The third-order valence-corrected chi connectivity index (χ3v) is 6.53. The number of benzene rings is 2. The third kappa shape index (κ3) is 4.89. The lowest BCUT2D eigenvalue weighted by Crippen LogP contribution is -2.23. The first kappa shape index (κ1) is 21.3. The van der Waals surface area contributed by atoms with Gasteiger partial charge in [0.05, 0.1) is 11.7 Å². The van der Waals surface area contributed by atoms with Gasteiger partial charge < -0.3 is 5.32 Å². The van der Waals surface area contributed by atoms with Crippen molar-refractivity contribution in [2.75, 3.05) is 11.6 Å². The summed E-state index contributed by atoms with van der Waals surface area (Å²) in [4.78, 5) is 30.7. The van der Waals surface area contributed by atoms with Gasteiger partial charge in [0.1, 0.15) is 4.83 Å². The first-order chi connectivity index (χ1) is 15.0. The molecule has 0 saturated heterocycles. The number of anilines is 1. The van der Waals surface area contributed by atoms with E-state index in [0.717, 1.165) is 28.1 Å². The highest BCUT2D eigenvalue weighted by molar-refractivity contribution is 7.97. The summed E-state index contributed by atoms with van der Waals surface area (Å²) in [5, 5.41) is 5.51. The molecule has 0 radical (unpaired) electrons. The van der Waals surface area contributed by atoms with E-state index < -0.39 is 0 Å². The molecule has 0 atom stereocenters. The van der Waals surface area contributed by atoms with Gasteiger partial charge in [-0.05, 0) is 36.4 Å². The highest BCUT2D eigenvalue weighted by atomic mass is 32.2. The number of amides is 1. The van der Waals surface area contributed by atoms with Gasteiger partial charge in [-0.15, -0.1) is 11.3 Å². The van der Waals surface area contributed by atoms with E-state index in [0.29, 0.717) is 10.2 Å². The fraction of sp³-hybridized carbons (Fsp3) is 0.208. The van der Waals surface area contributed by atoms with Crippen LogP contribution < -0.4 is 10.9 Å². The lowest BCUT2D eigenvalue weighted by molar-refractivity contribution is -0.116. The topological polar surface area (TPSA) is 64.0 Å². The molecule has 1 amide bonds. The molecule has 0 aliphatic carbocycles. The average molecular weight is 450 g/mol. The second-order valence-electron chi connectivity index (χ2n) is 7.37. The van der Waals surface area contributed by atoms with Crippen molar-refractivity contribution in [2.24, 2.45) is 0 Å². The summed E-state index contributed by atoms with van der Waals surface area (Å²) in [5.74, 6) is 0.770. The fourth-order valence-corrected chi connectivity index (χ4v) is 4.84. The van der Waals surface area contributed by atoms with E-state index in [1.54, 1.807) is 11.8 Å². The summed E-state index contributed by atoms with van der Waals surface area (Å²) in [6, 6.07) is 15.9. The van der Waals surface area contributed by atoms with Crippen LogP contribution in [0.5, 0.6) is 0 Å². The van der Waals surface area contributed by atoms with Crippen LogP contribution in [0.15, 0.2) is 65.0 Å². The summed E-state index contributed by atoms with van der Waals surface area (Å²) in [6.07, 6.45) is 3.78. The first-order valence-electron chi connectivity index (χ1n) is 9.96. The molecule has 2 heterocycles. The molecular weight excluding hydrogens is 426 g/mol. The maximum atomic E-state index is 13.1. The molecule has 2 aromatic carbocycles. The van der Waals surface area contributed by atoms with Gasteiger partial charge in [-0.25, -0.2) is 4.98 Å². The molecule has 0 spiro atoms. The molecule has 0 fully saturated rings. The number of nitrogens with one attached hydrogen (secondary N) is 1. The van der Waals surface area contributed by atoms with Gasteiger partial charge in [0, 0.05) is 35.3 Å². The van der Waals surface area contributed by atoms with Crippen molar-refractivity contribution >= 4 is 44.9 Å². The molecule has 0 aliphatic heterocycles. The van der Waals surface area contributed by atoms with E-state index in [4.69, 9.17) is 0 Å². The van der Waals surface area contributed by atoms with Crippen molar-refractivity contribution in [3.63, 3.8) is 0 Å². The van der Waals surface area contributed by atoms with E-state index >= 15 is 0 Å². The van der Waals surface area contributed by atoms with Crippen molar-refractivity contribution in [2.45, 2.75) is 25.6 Å². The number of carbonyl (C=O) groups excluding carboxylic acids is 1. The summed E-state index contributed by atoms with van der Waals surface area (Å²) >= 11 is 3.20. The Morgan fingerprint density at radius 3 is 2.77 bits per heavy atom. The molecule has 5 nitrogen and oxygen atoms in total. The van der Waals surface area contributed by atoms with Crippen LogP contribution >= 0.6 is 23.1 Å². The normalized spacial score (nSPS) is 11.0. The number of carbonyl (C=O) groups is 1. The summed E-state index contributed by atoms with van der Waals surface area (Å²) < 4.78 is 1.52. The van der Waals surface area contributed by atoms with Crippen LogP contribution in [0.2, 0.25) is 0 Å². The minimum atomic E-state index is -0.127. The summed E-state index contributed by atoms with van der Waals surface area (Å²) in [7, 11) is 0. The highest BCUT2D eigenvalue weighted by Gasteiger charge is 2.14. The average Bonchev–Trinajstić information content (AvgIpc) is 3.19. The van der Waals surface area contributed by atoms with E-state index in [1.165, 1.54) is 27.8 Å². The van der Waals surface area contributed by atoms with E-state index in [2.05, 4.69) is 10.3 Å². The lowest BCUT2D eigenvalue weighted by atomic mass is 10.1. The number of rotatable bonds is 7. The summed E-state index contributed by atoms with van der Waals surface area (Å²) in [6.45, 7) is 2.31. The molecule has 0 aliphatic rings. The second kappa shape index (κ2) is 9.49. The third-order valence-electron chi connectivity index (χ3n) is 5.02. The van der Waals surface area contributed by atoms with Gasteiger partial charge in [-0.3, -0.25) is 14.2 Å². The van der Waals surface area contributed by atoms with Gasteiger partial charge in [0.25, 0.3) is 5.56 Å². The maximum Gasteiger partial charge on any atom is 0.262 e. The van der Waals surface area contributed by atoms with Crippen molar-refractivity contribution < 1.29 is 4.79 Å². The summed E-state index contributed by atoms with van der Waals surface area (Å²) in [5.41, 5.74) is 4.88. The monoisotopic (exact) mass is 449 g/mol. The zero-order valence-corrected chi connectivity index (χ0v) is 19.1. The van der Waals surface area contributed by atoms with Crippen LogP contribution in [0.25, 0.3) is 21.3 Å². The van der Waals surface area contributed by atoms with Gasteiger partial charge in [0.15, 0.2) is 0 Å². The predicted molar refractivity (Wildman–Crippen MR) is 131 cm³/mol. The van der Waals surface area contributed by atoms with Crippen LogP contribution in [0, 0.1) is 6.92 Å². The molecule has 0 unspecified atom stereocenters. The quantitative estimate of drug-likeness (QED) is 0.414. The van der Waals surface area contributed by atoms with Crippen LogP contribution in [0.1, 0.15) is 17.5 Å². The largest absolute Gasteiger partial charge is 0.326 e. The number of aromatic nitrogens is 2. The smallest absolute Gasteiger partial charge is 0.262 e. The Morgan fingerprint density at radius 1 is 1.19 bits per heavy atom. The number of hydrogen-bond donors (Lipinski definition) is 1. The Balaban J connectivity index is 1.51. The Bertz CT molecular complexity index is 1280. The number of thiophene rings is 1. The van der Waals surface area contributed by atoms with Crippen LogP contribution in [-0.4, -0.2) is 21.7 Å². The zero-order chi connectivity index (χ0) is 21.8. The molecule has 158 valence electrons. The fourth-order valence-electron chi connectivity index (χ4n) is 3.42. The van der Waals surface area contributed by atoms with Crippen LogP contribution in [0.4, 0.5) is 5.69 Å². The molecule has 1 N–H and O–H groups in total. The van der Waals surface area contributed by atoms with Gasteiger partial charge in [0.2, 0.25) is 5.91 Å². The molecule has 4 rings (SSSR count). The standard InChI is InChI=1S/C24H23N3O2S2/c1-16-6-8-18(9-7-16)20-14-31-23-22(20)24(29)27(15-25-23)11-10-21(28)26-19-5-3-4-17(12-19)13-30-2/h3-9,12,14-15H,10-11,13H2,1-2H3,(H,26,28). The van der Waals surface area contributed by atoms with Crippen LogP contribution in [-0.2, 0) is 17.1 Å². The number of fused-ring (bicyclic) bond motifs is 1. The molecule has 7 heteroatoms. The van der Waals surface area contributed by atoms with Crippen molar-refractivity contribution in [1.29, 1.82) is 0 Å². The highest BCUT2D eigenvalue weighted by Crippen LogP contribution is 2.30. The van der Waals surface area contributed by atoms with E-state index in [9.17, 15) is 9.59 Å². The van der Waals surface area contributed by atoms with Crippen molar-refractivity contribution in [1.82, 2.24) is 9.55 Å². The first-order valence-corrected chi connectivity index (χ1v) is 12.2. The number of hydrogen-bond acceptors (Lipinski definition) is 5. The Hall–Kier alpha value is -2.90. The SMILES string of the molecule is CSCc1cccc(NC(=O)CCn2cnc3scc(-c4ccc(C)cc4)c3c2=O)c1. The second-order valence-corrected chi connectivity index (χ2v) is 9.09. The van der Waals surface area contributed by atoms with E-state index in [1.807, 2.05) is 67.1 Å². The predicted octanol–water partition coefficient (Wildman–Crippen LogP) is 5.33. The minimum Gasteiger partial charge on any atom is -0.326 e. The molecule has 2 aromatic heterocycles. The lowest BCUT2D eigenvalue weighted by Gasteiger charge is -2.09. The molecule has 0 saturated carbocycles. The minimum absolute atomic E-state index is 0.114. The van der Waals surface area contributed by atoms with Gasteiger partial charge in [-0.1, -0.05) is 42.0 Å². The Labute approximate surface area is 189 Å². The van der Waals surface area contributed by atoms with Crippen molar-refractivity contribution in [3.05, 3.63) is 81.7 Å². The van der Waals surface area contributed by atoms with Gasteiger partial charge >= 0.3 is 0 Å². The van der Waals surface area contributed by atoms with Crippen LogP contribution in [0.3, 0.4) is 0 Å². The number of nitrogens with zero attached hydrogens (tertiary/aromatic N) is 2. The van der Waals surface area contributed by atoms with Gasteiger partial charge in [-0.2, -0.15) is 11.8 Å². The Morgan fingerprint density at radius 2 is 2.00 bits per heavy atom.